The SMILES string of the molecule is CCc1c(OCCCCn2c(O)csc2=O)ccc2c1COC2(C(F)(F)F)C(F)(F)F. The van der Waals surface area contributed by atoms with Crippen LogP contribution in [0, 0.1) is 0 Å². The Labute approximate surface area is 176 Å². The molecular weight excluding hydrogens is 452 g/mol. The Morgan fingerprint density at radius 3 is 2.42 bits per heavy atom. The van der Waals surface area contributed by atoms with Gasteiger partial charge in [-0.25, -0.2) is 0 Å². The number of benzene rings is 1. The van der Waals surface area contributed by atoms with Crippen LogP contribution < -0.4 is 9.61 Å². The summed E-state index contributed by atoms with van der Waals surface area (Å²) in [5.74, 6) is 0.0566. The second-order valence-electron chi connectivity index (χ2n) is 6.95. The number of hydrogen-bond donors (Lipinski definition) is 1. The third-order valence-electron chi connectivity index (χ3n) is 5.15. The smallest absolute Gasteiger partial charge is 0.430 e. The molecule has 172 valence electrons. The average molecular weight is 471 g/mol. The molecule has 0 amide bonds. The van der Waals surface area contributed by atoms with E-state index in [9.17, 15) is 36.2 Å². The van der Waals surface area contributed by atoms with E-state index < -0.39 is 30.1 Å². The van der Waals surface area contributed by atoms with E-state index >= 15 is 0 Å². The van der Waals surface area contributed by atoms with Gasteiger partial charge < -0.3 is 14.6 Å². The molecule has 1 aliphatic rings. The number of aromatic hydroxyl groups is 1. The zero-order valence-electron chi connectivity index (χ0n) is 16.3. The molecule has 31 heavy (non-hydrogen) atoms. The van der Waals surface area contributed by atoms with Gasteiger partial charge in [0.05, 0.1) is 18.6 Å². The standard InChI is InChI=1S/C19H19F6NO4S/c1-2-11-12-9-30-17(18(20,21)22,19(23,24)25)13(12)5-6-14(11)29-8-4-3-7-26-15(27)10-31-16(26)28/h5-6,10,27H,2-4,7-9H2,1H3. The van der Waals surface area contributed by atoms with Gasteiger partial charge in [-0.05, 0) is 36.5 Å². The quantitative estimate of drug-likeness (QED) is 0.462. The lowest BCUT2D eigenvalue weighted by atomic mass is 9.88. The van der Waals surface area contributed by atoms with Gasteiger partial charge in [-0.1, -0.05) is 24.3 Å². The molecule has 3 rings (SSSR count). The Bertz CT molecular complexity index is 981. The first-order valence-electron chi connectivity index (χ1n) is 9.36. The van der Waals surface area contributed by atoms with Crippen molar-refractivity contribution in [2.45, 2.75) is 57.3 Å². The Morgan fingerprint density at radius 1 is 1.19 bits per heavy atom. The predicted molar refractivity (Wildman–Crippen MR) is 99.4 cm³/mol. The highest BCUT2D eigenvalue weighted by Gasteiger charge is 2.75. The van der Waals surface area contributed by atoms with Gasteiger partial charge in [0.25, 0.3) is 5.60 Å². The first kappa shape index (κ1) is 23.5. The topological polar surface area (TPSA) is 60.7 Å². The molecule has 0 unspecified atom stereocenters. The summed E-state index contributed by atoms with van der Waals surface area (Å²) < 4.78 is 92.0. The number of ether oxygens (including phenoxy) is 2. The number of hydrogen-bond acceptors (Lipinski definition) is 5. The highest BCUT2D eigenvalue weighted by atomic mass is 32.1. The predicted octanol–water partition coefficient (Wildman–Crippen LogP) is 4.89. The van der Waals surface area contributed by atoms with Crippen LogP contribution in [0.15, 0.2) is 22.3 Å². The molecule has 0 bridgehead atoms. The third kappa shape index (κ3) is 4.02. The largest absolute Gasteiger partial charge is 0.494 e. The summed E-state index contributed by atoms with van der Waals surface area (Å²) >= 11 is 0.865. The minimum absolute atomic E-state index is 0.135. The summed E-state index contributed by atoms with van der Waals surface area (Å²) in [4.78, 5) is 11.2. The highest BCUT2D eigenvalue weighted by Crippen LogP contribution is 2.58. The van der Waals surface area contributed by atoms with Crippen molar-refractivity contribution in [1.29, 1.82) is 0 Å². The van der Waals surface area contributed by atoms with Crippen LogP contribution in [0.2, 0.25) is 0 Å². The summed E-state index contributed by atoms with van der Waals surface area (Å²) in [6.07, 6.45) is -10.3. The van der Waals surface area contributed by atoms with Crippen molar-refractivity contribution in [3.8, 4) is 11.6 Å². The number of aromatic nitrogens is 1. The number of halogens is 6. The van der Waals surface area contributed by atoms with Crippen molar-refractivity contribution in [1.82, 2.24) is 4.57 Å². The molecule has 0 saturated carbocycles. The van der Waals surface area contributed by atoms with Crippen LogP contribution in [-0.4, -0.2) is 28.6 Å². The van der Waals surface area contributed by atoms with Gasteiger partial charge in [0.15, 0.2) is 0 Å². The molecule has 0 spiro atoms. The van der Waals surface area contributed by atoms with E-state index in [4.69, 9.17) is 4.74 Å². The van der Waals surface area contributed by atoms with E-state index in [0.717, 1.165) is 23.5 Å². The van der Waals surface area contributed by atoms with Gasteiger partial charge in [0, 0.05) is 12.1 Å². The molecule has 0 saturated heterocycles. The van der Waals surface area contributed by atoms with Crippen LogP contribution in [0.3, 0.4) is 0 Å². The fourth-order valence-electron chi connectivity index (χ4n) is 3.66. The minimum Gasteiger partial charge on any atom is -0.494 e. The zero-order chi connectivity index (χ0) is 23.0. The zero-order valence-corrected chi connectivity index (χ0v) is 17.1. The number of nitrogens with zero attached hydrogens (tertiary/aromatic N) is 1. The Morgan fingerprint density at radius 2 is 1.87 bits per heavy atom. The third-order valence-corrected chi connectivity index (χ3v) is 5.90. The van der Waals surface area contributed by atoms with E-state index in [-0.39, 0.29) is 47.2 Å². The van der Waals surface area contributed by atoms with Crippen molar-refractivity contribution in [3.63, 3.8) is 0 Å². The van der Waals surface area contributed by atoms with E-state index in [1.807, 2.05) is 0 Å². The molecule has 1 N–H and O–H groups in total. The summed E-state index contributed by atoms with van der Waals surface area (Å²) in [6, 6.07) is 1.87. The van der Waals surface area contributed by atoms with Crippen LogP contribution in [0.5, 0.6) is 11.6 Å². The lowest BCUT2D eigenvalue weighted by Crippen LogP contribution is -2.53. The van der Waals surface area contributed by atoms with Crippen molar-refractivity contribution < 1.29 is 40.9 Å². The Kier molecular flexibility index (Phi) is 6.34. The number of thiazole rings is 1. The van der Waals surface area contributed by atoms with Crippen molar-refractivity contribution in [2.75, 3.05) is 6.61 Å². The summed E-state index contributed by atoms with van der Waals surface area (Å²) in [6.45, 7) is 1.18. The van der Waals surface area contributed by atoms with Crippen LogP contribution in [0.25, 0.3) is 0 Å². The fraction of sp³-hybridized carbons (Fsp3) is 0.526. The molecule has 2 heterocycles. The average Bonchev–Trinajstić information content (AvgIpc) is 3.22. The maximum Gasteiger partial charge on any atom is 0.430 e. The van der Waals surface area contributed by atoms with E-state index in [0.29, 0.717) is 12.8 Å². The summed E-state index contributed by atoms with van der Waals surface area (Å²) in [5, 5.41) is 10.9. The first-order valence-corrected chi connectivity index (χ1v) is 10.2. The molecule has 0 radical (unpaired) electrons. The number of unbranched alkanes of at least 4 members (excludes halogenated alkanes) is 1. The maximum atomic E-state index is 13.5. The minimum atomic E-state index is -5.67. The number of alkyl halides is 6. The Balaban J connectivity index is 1.75. The van der Waals surface area contributed by atoms with Gasteiger partial charge >= 0.3 is 17.2 Å². The first-order chi connectivity index (χ1) is 14.4. The van der Waals surface area contributed by atoms with Gasteiger partial charge in [-0.2, -0.15) is 26.3 Å². The van der Waals surface area contributed by atoms with Crippen molar-refractivity contribution in [3.05, 3.63) is 43.9 Å². The van der Waals surface area contributed by atoms with Gasteiger partial charge in [-0.15, -0.1) is 0 Å². The summed E-state index contributed by atoms with van der Waals surface area (Å²) in [7, 11) is 0. The molecule has 12 heteroatoms. The Hall–Kier alpha value is -2.21. The maximum absolute atomic E-state index is 13.5. The molecule has 1 aromatic heterocycles. The fourth-order valence-corrected chi connectivity index (χ4v) is 4.31. The van der Waals surface area contributed by atoms with Gasteiger partial charge in [-0.3, -0.25) is 9.36 Å². The monoisotopic (exact) mass is 471 g/mol. The van der Waals surface area contributed by atoms with Gasteiger partial charge in [0.2, 0.25) is 5.88 Å². The number of fused-ring (bicyclic) bond motifs is 1. The van der Waals surface area contributed by atoms with Crippen molar-refractivity contribution in [2.24, 2.45) is 0 Å². The molecule has 2 aromatic rings. The second kappa shape index (κ2) is 8.38. The van der Waals surface area contributed by atoms with Gasteiger partial charge in [0.1, 0.15) is 5.75 Å². The van der Waals surface area contributed by atoms with Crippen LogP contribution in [0.1, 0.15) is 36.5 Å². The highest BCUT2D eigenvalue weighted by molar-refractivity contribution is 7.07. The number of rotatable bonds is 7. The summed E-state index contributed by atoms with van der Waals surface area (Å²) in [5.41, 5.74) is -5.24. The van der Waals surface area contributed by atoms with Crippen LogP contribution in [-0.2, 0) is 29.9 Å². The van der Waals surface area contributed by atoms with Crippen LogP contribution >= 0.6 is 11.3 Å². The molecule has 1 aliphatic heterocycles. The van der Waals surface area contributed by atoms with E-state index in [1.54, 1.807) is 6.92 Å². The van der Waals surface area contributed by atoms with E-state index in [1.165, 1.54) is 9.95 Å². The molecule has 1 aromatic carbocycles. The lowest BCUT2D eigenvalue weighted by molar-refractivity contribution is -0.385. The second-order valence-corrected chi connectivity index (χ2v) is 7.77. The molecule has 0 aliphatic carbocycles. The van der Waals surface area contributed by atoms with Crippen LogP contribution in [0.4, 0.5) is 26.3 Å². The molecule has 0 fully saturated rings. The normalized spacial score (nSPS) is 15.8. The molecule has 5 nitrogen and oxygen atoms in total. The lowest BCUT2D eigenvalue weighted by Gasteiger charge is -2.33. The van der Waals surface area contributed by atoms with Crippen molar-refractivity contribution >= 4 is 11.3 Å². The van der Waals surface area contributed by atoms with E-state index in [2.05, 4.69) is 4.74 Å². The molecule has 0 atom stereocenters. The molecular formula is C19H19F6NO4S.